The number of ether oxygens (including phenoxy) is 1. The lowest BCUT2D eigenvalue weighted by atomic mass is 9.71. The molecule has 4 aliphatic rings. The van der Waals surface area contributed by atoms with Gasteiger partial charge in [0.25, 0.3) is 5.56 Å². The number of rotatable bonds is 3. The average Bonchev–Trinajstić information content (AvgIpc) is 3.34. The first-order valence-corrected chi connectivity index (χ1v) is 14.7. The number of nitrogens with zero attached hydrogens (tertiary/aromatic N) is 4. The first-order valence-electron chi connectivity index (χ1n) is 14.7. The van der Waals surface area contributed by atoms with Gasteiger partial charge in [-0.05, 0) is 92.0 Å². The van der Waals surface area contributed by atoms with Gasteiger partial charge in [-0.25, -0.2) is 4.98 Å². The van der Waals surface area contributed by atoms with Crippen LogP contribution in [0.1, 0.15) is 74.1 Å². The fourth-order valence-electron chi connectivity index (χ4n) is 8.03. The highest BCUT2D eigenvalue weighted by Crippen LogP contribution is 2.45. The summed E-state index contributed by atoms with van der Waals surface area (Å²) < 4.78 is 7.26. The lowest BCUT2D eigenvalue weighted by Gasteiger charge is -2.43. The molecule has 1 aromatic carbocycles. The third kappa shape index (κ3) is 4.17. The SMILES string of the molecule is C[C@@H]1CN(c2cc(=O)n(C)c3ncccc23)C[C@@H]2c3ccc([C@H]4CC[C@@H](C5CCOCC5)CC4)cc3CN12. The van der Waals surface area contributed by atoms with Crippen LogP contribution in [0.4, 0.5) is 5.69 Å². The predicted molar refractivity (Wildman–Crippen MR) is 152 cm³/mol. The molecule has 0 spiro atoms. The second-order valence-electron chi connectivity index (χ2n) is 12.3. The Balaban J connectivity index is 1.11. The molecule has 1 aliphatic carbocycles. The van der Waals surface area contributed by atoms with E-state index >= 15 is 0 Å². The Morgan fingerprint density at radius 3 is 2.55 bits per heavy atom. The number of aromatic nitrogens is 2. The van der Waals surface area contributed by atoms with E-state index in [4.69, 9.17) is 4.74 Å². The maximum atomic E-state index is 12.8. The summed E-state index contributed by atoms with van der Waals surface area (Å²) in [6, 6.07) is 14.1. The van der Waals surface area contributed by atoms with Gasteiger partial charge in [-0.2, -0.15) is 0 Å². The van der Waals surface area contributed by atoms with E-state index in [0.29, 0.717) is 18.0 Å². The van der Waals surface area contributed by atoms with Gasteiger partial charge in [-0.1, -0.05) is 18.2 Å². The normalized spacial score (nSPS) is 28.4. The molecule has 2 saturated heterocycles. The number of hydrogen-bond acceptors (Lipinski definition) is 5. The van der Waals surface area contributed by atoms with Gasteiger partial charge in [-0.3, -0.25) is 14.3 Å². The Kier molecular flexibility index (Phi) is 6.28. The Labute approximate surface area is 225 Å². The molecule has 38 heavy (non-hydrogen) atoms. The first kappa shape index (κ1) is 24.3. The van der Waals surface area contributed by atoms with Crippen LogP contribution < -0.4 is 10.5 Å². The fraction of sp³-hybridized carbons (Fsp3) is 0.562. The molecule has 3 aromatic rings. The molecule has 6 nitrogen and oxygen atoms in total. The molecule has 3 aliphatic heterocycles. The van der Waals surface area contributed by atoms with Crippen LogP contribution in [-0.4, -0.2) is 46.8 Å². The number of benzene rings is 1. The Bertz CT molecular complexity index is 1390. The zero-order valence-corrected chi connectivity index (χ0v) is 22.8. The predicted octanol–water partition coefficient (Wildman–Crippen LogP) is 5.40. The lowest BCUT2D eigenvalue weighted by molar-refractivity contribution is 0.0378. The lowest BCUT2D eigenvalue weighted by Crippen LogP contribution is -2.51. The number of anilines is 1. The highest BCUT2D eigenvalue weighted by molar-refractivity contribution is 5.89. The van der Waals surface area contributed by atoms with Crippen LogP contribution in [0.3, 0.4) is 0 Å². The van der Waals surface area contributed by atoms with Crippen LogP contribution in [0.15, 0.2) is 47.4 Å². The van der Waals surface area contributed by atoms with Crippen molar-refractivity contribution in [3.63, 3.8) is 0 Å². The highest BCUT2D eigenvalue weighted by atomic mass is 16.5. The van der Waals surface area contributed by atoms with E-state index in [9.17, 15) is 4.79 Å². The van der Waals surface area contributed by atoms with E-state index in [1.807, 2.05) is 19.2 Å². The van der Waals surface area contributed by atoms with Gasteiger partial charge in [0.1, 0.15) is 5.65 Å². The van der Waals surface area contributed by atoms with Gasteiger partial charge >= 0.3 is 0 Å². The number of aryl methyl sites for hydroxylation is 1. The van der Waals surface area contributed by atoms with Crippen LogP contribution in [0.25, 0.3) is 11.0 Å². The van der Waals surface area contributed by atoms with E-state index in [0.717, 1.165) is 61.4 Å². The third-order valence-electron chi connectivity index (χ3n) is 10.2. The number of piperazine rings is 1. The van der Waals surface area contributed by atoms with Gasteiger partial charge in [0.05, 0.1) is 11.7 Å². The van der Waals surface area contributed by atoms with Crippen molar-refractivity contribution in [1.29, 1.82) is 0 Å². The quantitative estimate of drug-likeness (QED) is 0.470. The van der Waals surface area contributed by atoms with Crippen molar-refractivity contribution in [3.8, 4) is 0 Å². The molecule has 6 heteroatoms. The number of fused-ring (bicyclic) bond motifs is 4. The van der Waals surface area contributed by atoms with Crippen molar-refractivity contribution in [2.24, 2.45) is 18.9 Å². The zero-order chi connectivity index (χ0) is 25.8. The van der Waals surface area contributed by atoms with Crippen molar-refractivity contribution < 1.29 is 4.74 Å². The molecule has 2 atom stereocenters. The fourth-order valence-corrected chi connectivity index (χ4v) is 8.03. The third-order valence-corrected chi connectivity index (χ3v) is 10.2. The van der Waals surface area contributed by atoms with Crippen LogP contribution in [0.2, 0.25) is 0 Å². The molecule has 0 unspecified atom stereocenters. The van der Waals surface area contributed by atoms with E-state index in [2.05, 4.69) is 46.0 Å². The number of hydrogen-bond donors (Lipinski definition) is 0. The molecule has 1 saturated carbocycles. The molecule has 200 valence electrons. The van der Waals surface area contributed by atoms with E-state index in [-0.39, 0.29) is 5.56 Å². The molecule has 3 fully saturated rings. The highest BCUT2D eigenvalue weighted by Gasteiger charge is 2.40. The summed E-state index contributed by atoms with van der Waals surface area (Å²) >= 11 is 0. The summed E-state index contributed by atoms with van der Waals surface area (Å²) in [5.74, 6) is 2.51. The molecule has 0 radical (unpaired) electrons. The molecule has 5 heterocycles. The van der Waals surface area contributed by atoms with Crippen LogP contribution in [0.5, 0.6) is 0 Å². The van der Waals surface area contributed by atoms with Crippen LogP contribution in [-0.2, 0) is 18.3 Å². The zero-order valence-electron chi connectivity index (χ0n) is 22.8. The molecule has 2 aromatic heterocycles. The summed E-state index contributed by atoms with van der Waals surface area (Å²) in [6.45, 7) is 7.15. The minimum Gasteiger partial charge on any atom is -0.381 e. The van der Waals surface area contributed by atoms with Crippen LogP contribution in [0, 0.1) is 11.8 Å². The molecule has 0 N–H and O–H groups in total. The smallest absolute Gasteiger partial charge is 0.253 e. The summed E-state index contributed by atoms with van der Waals surface area (Å²) in [6.07, 6.45) is 9.74. The second-order valence-corrected chi connectivity index (χ2v) is 12.3. The van der Waals surface area contributed by atoms with Gasteiger partial charge in [-0.15, -0.1) is 0 Å². The van der Waals surface area contributed by atoms with Crippen molar-refractivity contribution >= 4 is 16.7 Å². The summed E-state index contributed by atoms with van der Waals surface area (Å²) in [4.78, 5) is 22.4. The van der Waals surface area contributed by atoms with E-state index in [1.54, 1.807) is 16.3 Å². The molecular formula is C32H40N4O2. The first-order chi connectivity index (χ1) is 18.6. The molecular weight excluding hydrogens is 472 g/mol. The minimum atomic E-state index is 0.00397. The van der Waals surface area contributed by atoms with Crippen molar-refractivity contribution in [3.05, 3.63) is 69.6 Å². The van der Waals surface area contributed by atoms with Gasteiger partial charge in [0.15, 0.2) is 0 Å². The Hall–Kier alpha value is -2.70. The van der Waals surface area contributed by atoms with E-state index in [1.165, 1.54) is 49.7 Å². The standard InChI is InChI=1S/C32H40N4O2/c1-21-18-35(29-17-31(37)34(2)32-28(29)4-3-13-33-32)20-30-27-10-9-25(16-26(27)19-36(21)30)23-7-5-22(6-8-23)24-11-14-38-15-12-24/h3-4,9-10,13,16-17,21-24,30H,5-8,11-12,14-15,18-20H2,1-2H3/t21-,22-,23+,30-/m1/s1. The molecule has 0 bridgehead atoms. The summed E-state index contributed by atoms with van der Waals surface area (Å²) in [5.41, 5.74) is 6.34. The van der Waals surface area contributed by atoms with Gasteiger partial charge in [0.2, 0.25) is 0 Å². The van der Waals surface area contributed by atoms with Crippen molar-refractivity contribution in [2.45, 2.75) is 70.0 Å². The Morgan fingerprint density at radius 2 is 1.74 bits per heavy atom. The van der Waals surface area contributed by atoms with Crippen molar-refractivity contribution in [2.75, 3.05) is 31.2 Å². The Morgan fingerprint density at radius 1 is 0.947 bits per heavy atom. The summed E-state index contributed by atoms with van der Waals surface area (Å²) in [5, 5.41) is 1.06. The second kappa shape index (κ2) is 9.80. The maximum Gasteiger partial charge on any atom is 0.253 e. The number of pyridine rings is 2. The van der Waals surface area contributed by atoms with Crippen LogP contribution >= 0.6 is 0 Å². The van der Waals surface area contributed by atoms with Crippen molar-refractivity contribution in [1.82, 2.24) is 14.5 Å². The molecule has 0 amide bonds. The molecule has 7 rings (SSSR count). The largest absolute Gasteiger partial charge is 0.381 e. The average molecular weight is 513 g/mol. The monoisotopic (exact) mass is 512 g/mol. The van der Waals surface area contributed by atoms with Gasteiger partial charge in [0, 0.05) is 63.6 Å². The summed E-state index contributed by atoms with van der Waals surface area (Å²) in [7, 11) is 1.81. The minimum absolute atomic E-state index is 0.00397. The topological polar surface area (TPSA) is 50.6 Å². The maximum absolute atomic E-state index is 12.8. The van der Waals surface area contributed by atoms with Gasteiger partial charge < -0.3 is 9.64 Å². The van der Waals surface area contributed by atoms with E-state index < -0.39 is 0 Å².